The van der Waals surface area contributed by atoms with Gasteiger partial charge in [-0.2, -0.15) is 18.4 Å². The van der Waals surface area contributed by atoms with Crippen molar-refractivity contribution in [2.75, 3.05) is 0 Å². The molecule has 0 amide bonds. The Bertz CT molecular complexity index is 4450. The van der Waals surface area contributed by atoms with Crippen LogP contribution in [0.1, 0.15) is 11.1 Å². The van der Waals surface area contributed by atoms with E-state index in [1.807, 2.05) is 65.2 Å². The van der Waals surface area contributed by atoms with Crippen molar-refractivity contribution in [3.8, 4) is 39.9 Å². The predicted molar refractivity (Wildman–Crippen MR) is 279 cm³/mol. The number of alkyl halides is 3. The third kappa shape index (κ3) is 5.72. The number of fused-ring (bicyclic) bond motifs is 12. The molecule has 0 bridgehead atoms. The highest BCUT2D eigenvalue weighted by Gasteiger charge is 2.36. The Balaban J connectivity index is 1.09. The summed E-state index contributed by atoms with van der Waals surface area (Å²) in [6.45, 7) is 0. The number of halogens is 3. The predicted octanol–water partition coefficient (Wildman–Crippen LogP) is 16.6. The lowest BCUT2D eigenvalue weighted by molar-refractivity contribution is -0.137. The zero-order chi connectivity index (χ0) is 46.8. The molecular formula is C62H36F3N5. The fourth-order valence-corrected chi connectivity index (χ4v) is 11.3. The molecule has 10 aromatic carbocycles. The molecule has 0 fully saturated rings. The van der Waals surface area contributed by atoms with E-state index in [-0.39, 0.29) is 11.1 Å². The van der Waals surface area contributed by atoms with E-state index < -0.39 is 11.7 Å². The van der Waals surface area contributed by atoms with Gasteiger partial charge in [-0.15, -0.1) is 0 Å². The first-order valence-electron chi connectivity index (χ1n) is 23.1. The van der Waals surface area contributed by atoms with E-state index in [2.05, 4.69) is 141 Å². The fourth-order valence-electron chi connectivity index (χ4n) is 11.3. The molecule has 0 spiro atoms. The number of nitriles is 1. The van der Waals surface area contributed by atoms with E-state index in [0.29, 0.717) is 16.9 Å². The molecule has 330 valence electrons. The molecule has 0 aliphatic rings. The minimum atomic E-state index is -4.76. The third-order valence-corrected chi connectivity index (χ3v) is 14.2. The topological polar surface area (TPSA) is 43.5 Å². The highest BCUT2D eigenvalue weighted by molar-refractivity contribution is 6.15. The lowest BCUT2D eigenvalue weighted by Crippen LogP contribution is -2.12. The number of hydrogen-bond donors (Lipinski definition) is 0. The Hall–Kier alpha value is -9.32. The molecule has 14 rings (SSSR count). The van der Waals surface area contributed by atoms with E-state index in [4.69, 9.17) is 0 Å². The smallest absolute Gasteiger partial charge is 0.309 e. The van der Waals surface area contributed by atoms with Gasteiger partial charge in [0.1, 0.15) is 0 Å². The Morgan fingerprint density at radius 3 is 1.09 bits per heavy atom. The summed E-state index contributed by atoms with van der Waals surface area (Å²) in [6, 6.07) is 73.8. The van der Waals surface area contributed by atoms with Gasteiger partial charge < -0.3 is 18.3 Å². The quantitative estimate of drug-likeness (QED) is 0.170. The maximum atomic E-state index is 15.9. The van der Waals surface area contributed by atoms with Crippen molar-refractivity contribution >= 4 is 87.2 Å². The van der Waals surface area contributed by atoms with Gasteiger partial charge in [0.25, 0.3) is 0 Å². The Labute approximate surface area is 397 Å². The van der Waals surface area contributed by atoms with E-state index in [0.717, 1.165) is 98.6 Å². The third-order valence-electron chi connectivity index (χ3n) is 14.2. The number of benzene rings is 10. The van der Waals surface area contributed by atoms with Crippen LogP contribution in [0.25, 0.3) is 121 Å². The van der Waals surface area contributed by atoms with Gasteiger partial charge >= 0.3 is 6.18 Å². The number of aromatic nitrogens is 4. The molecule has 0 N–H and O–H groups in total. The average Bonchev–Trinajstić information content (AvgIpc) is 4.13. The zero-order valence-electron chi connectivity index (χ0n) is 37.2. The Kier molecular flexibility index (Phi) is 8.44. The van der Waals surface area contributed by atoms with Crippen LogP contribution < -0.4 is 0 Å². The SMILES string of the molecule is N#Cc1cccc(-c2cc(-n3c4ccccc4c4cc(-n5c6ccccc6c6ccccc65)ccc43)c(-n3c4ccccc4c4cc(-n5c6ccccc6c6ccccc65)ccc43)cc2C(F)(F)F)c1. The summed E-state index contributed by atoms with van der Waals surface area (Å²) in [5.74, 6) is 0. The first kappa shape index (κ1) is 39.8. The molecule has 8 heteroatoms. The van der Waals surface area contributed by atoms with Crippen LogP contribution in [-0.4, -0.2) is 18.3 Å². The van der Waals surface area contributed by atoms with Crippen molar-refractivity contribution in [1.29, 1.82) is 5.26 Å². The van der Waals surface area contributed by atoms with Crippen LogP contribution in [0.4, 0.5) is 13.2 Å². The van der Waals surface area contributed by atoms with Crippen LogP contribution in [0.15, 0.2) is 218 Å². The van der Waals surface area contributed by atoms with Crippen molar-refractivity contribution in [2.45, 2.75) is 6.18 Å². The summed E-state index contributed by atoms with van der Waals surface area (Å²) in [4.78, 5) is 0. The van der Waals surface area contributed by atoms with Crippen LogP contribution in [-0.2, 0) is 6.18 Å². The Morgan fingerprint density at radius 1 is 0.329 bits per heavy atom. The highest BCUT2D eigenvalue weighted by atomic mass is 19.4. The van der Waals surface area contributed by atoms with E-state index in [9.17, 15) is 5.26 Å². The maximum absolute atomic E-state index is 15.9. The van der Waals surface area contributed by atoms with Crippen LogP contribution in [0, 0.1) is 11.3 Å². The second-order valence-corrected chi connectivity index (χ2v) is 17.9. The van der Waals surface area contributed by atoms with Crippen molar-refractivity contribution < 1.29 is 13.2 Å². The van der Waals surface area contributed by atoms with Gasteiger partial charge in [-0.3, -0.25) is 0 Å². The number of hydrogen-bond acceptors (Lipinski definition) is 1. The van der Waals surface area contributed by atoms with E-state index in [1.165, 1.54) is 12.1 Å². The monoisotopic (exact) mass is 907 g/mol. The van der Waals surface area contributed by atoms with Gasteiger partial charge in [0, 0.05) is 54.5 Å². The number of nitrogens with zero attached hydrogens (tertiary/aromatic N) is 5. The summed E-state index contributed by atoms with van der Waals surface area (Å²) in [5.41, 5.74) is 10.0. The standard InChI is InChI=1S/C62H36F3N5/c63-62(64,65)51-36-61(70-57-27-12-6-21-47(57)50-34-41(29-31-59(50)70)68-54-24-9-3-18-44(54)45-19-4-10-25-55(45)68)60(35-48(51)39-15-13-14-38(32-39)37-66)69-56-26-11-5-20-46(56)49-33-40(28-30-58(49)69)67-52-22-7-1-16-42(52)43-17-2-8-23-53(43)67/h1-36H. The molecule has 0 saturated heterocycles. The molecule has 14 aromatic rings. The molecule has 4 aromatic heterocycles. The van der Waals surface area contributed by atoms with Crippen molar-refractivity contribution in [1.82, 2.24) is 18.3 Å². The van der Waals surface area contributed by atoms with Gasteiger partial charge in [0.2, 0.25) is 0 Å². The van der Waals surface area contributed by atoms with Crippen LogP contribution in [0.2, 0.25) is 0 Å². The second kappa shape index (κ2) is 14.8. The van der Waals surface area contributed by atoms with E-state index in [1.54, 1.807) is 24.3 Å². The van der Waals surface area contributed by atoms with Crippen LogP contribution in [0.3, 0.4) is 0 Å². The molecule has 0 aliphatic carbocycles. The summed E-state index contributed by atoms with van der Waals surface area (Å²) in [6.07, 6.45) is -4.76. The van der Waals surface area contributed by atoms with Gasteiger partial charge in [-0.1, -0.05) is 121 Å². The molecule has 0 unspecified atom stereocenters. The zero-order valence-corrected chi connectivity index (χ0v) is 37.2. The van der Waals surface area contributed by atoms with Crippen molar-refractivity contribution in [2.24, 2.45) is 0 Å². The first-order chi connectivity index (χ1) is 34.3. The minimum Gasteiger partial charge on any atom is -0.309 e. The Morgan fingerprint density at radius 2 is 0.686 bits per heavy atom. The summed E-state index contributed by atoms with van der Waals surface area (Å²) < 4.78 is 56.4. The van der Waals surface area contributed by atoms with Gasteiger partial charge in [0.15, 0.2) is 0 Å². The van der Waals surface area contributed by atoms with Gasteiger partial charge in [0.05, 0.1) is 72.7 Å². The molecule has 70 heavy (non-hydrogen) atoms. The van der Waals surface area contributed by atoms with Gasteiger partial charge in [-0.05, 0) is 108 Å². The molecule has 5 nitrogen and oxygen atoms in total. The molecule has 0 radical (unpaired) electrons. The fraction of sp³-hybridized carbons (Fsp3) is 0.0161. The normalized spacial score (nSPS) is 12.2. The van der Waals surface area contributed by atoms with E-state index >= 15 is 13.2 Å². The first-order valence-corrected chi connectivity index (χ1v) is 23.1. The molecule has 0 atom stereocenters. The number of para-hydroxylation sites is 6. The molecule has 0 saturated carbocycles. The van der Waals surface area contributed by atoms with Gasteiger partial charge in [-0.25, -0.2) is 0 Å². The van der Waals surface area contributed by atoms with Crippen LogP contribution >= 0.6 is 0 Å². The largest absolute Gasteiger partial charge is 0.417 e. The van der Waals surface area contributed by atoms with Crippen molar-refractivity contribution in [3.63, 3.8) is 0 Å². The lowest BCUT2D eigenvalue weighted by Gasteiger charge is -2.22. The molecular weight excluding hydrogens is 872 g/mol. The summed E-state index contributed by atoms with van der Waals surface area (Å²) in [5, 5.41) is 18.2. The van der Waals surface area contributed by atoms with Crippen molar-refractivity contribution in [3.05, 3.63) is 230 Å². The van der Waals surface area contributed by atoms with Crippen LogP contribution in [0.5, 0.6) is 0 Å². The minimum absolute atomic E-state index is 0.0226. The second-order valence-electron chi connectivity index (χ2n) is 17.9. The molecule has 4 heterocycles. The number of rotatable bonds is 5. The lowest BCUT2D eigenvalue weighted by atomic mass is 9.95. The summed E-state index contributed by atoms with van der Waals surface area (Å²) >= 11 is 0. The molecule has 0 aliphatic heterocycles. The highest BCUT2D eigenvalue weighted by Crippen LogP contribution is 2.46. The average molecular weight is 908 g/mol. The maximum Gasteiger partial charge on any atom is 0.417 e. The summed E-state index contributed by atoms with van der Waals surface area (Å²) in [7, 11) is 0.